The van der Waals surface area contributed by atoms with E-state index in [0.717, 1.165) is 24.3 Å². The van der Waals surface area contributed by atoms with Crippen molar-refractivity contribution in [2.45, 2.75) is 25.7 Å². The van der Waals surface area contributed by atoms with Crippen LogP contribution in [0.2, 0.25) is 0 Å². The number of methoxy groups -OCH3 is 1. The van der Waals surface area contributed by atoms with Gasteiger partial charge in [-0.25, -0.2) is 0 Å². The van der Waals surface area contributed by atoms with Crippen molar-refractivity contribution >= 4 is 17.7 Å². The van der Waals surface area contributed by atoms with Gasteiger partial charge in [0.1, 0.15) is 11.5 Å². The van der Waals surface area contributed by atoms with Crippen molar-refractivity contribution in [3.05, 3.63) is 35.6 Å². The molecule has 1 aromatic rings. The van der Waals surface area contributed by atoms with Crippen molar-refractivity contribution in [2.75, 3.05) is 7.11 Å². The fourth-order valence-electron chi connectivity index (χ4n) is 1.96. The van der Waals surface area contributed by atoms with Gasteiger partial charge in [-0.05, 0) is 37.1 Å². The fourth-order valence-corrected chi connectivity index (χ4v) is 1.96. The van der Waals surface area contributed by atoms with Gasteiger partial charge in [-0.1, -0.05) is 0 Å². The molecular weight excluding hydrogens is 242 g/mol. The summed E-state index contributed by atoms with van der Waals surface area (Å²) in [4.78, 5) is 16.0. The molecule has 0 fully saturated rings. The minimum atomic E-state index is -0.0349. The van der Waals surface area contributed by atoms with E-state index in [4.69, 9.17) is 4.74 Å². The van der Waals surface area contributed by atoms with Crippen molar-refractivity contribution in [2.24, 2.45) is 4.99 Å². The molecule has 0 unspecified atom stereocenters. The first-order chi connectivity index (χ1) is 9.20. The monoisotopic (exact) mass is 259 g/mol. The zero-order valence-electron chi connectivity index (χ0n) is 10.9. The molecule has 0 aliphatic heterocycles. The van der Waals surface area contributed by atoms with E-state index in [2.05, 4.69) is 4.99 Å². The minimum Gasteiger partial charge on any atom is -0.512 e. The van der Waals surface area contributed by atoms with Crippen molar-refractivity contribution in [1.29, 1.82) is 0 Å². The van der Waals surface area contributed by atoms with Gasteiger partial charge in [0.25, 0.3) is 0 Å². The number of benzene rings is 1. The fraction of sp³-hybridized carbons (Fsp3) is 0.333. The molecule has 0 atom stereocenters. The molecule has 4 heteroatoms. The lowest BCUT2D eigenvalue weighted by Gasteiger charge is -2.01. The lowest BCUT2D eigenvalue weighted by atomic mass is 10.1. The average Bonchev–Trinajstić information content (AvgIpc) is 2.59. The molecule has 0 amide bonds. The van der Waals surface area contributed by atoms with Gasteiger partial charge in [-0.2, -0.15) is 0 Å². The number of allylic oxidation sites excluding steroid dienone is 2. The maximum Gasteiger partial charge on any atom is 0.167 e. The van der Waals surface area contributed by atoms with E-state index in [1.54, 1.807) is 31.4 Å². The molecule has 19 heavy (non-hydrogen) atoms. The average molecular weight is 259 g/mol. The Morgan fingerprint density at radius 2 is 1.89 bits per heavy atom. The van der Waals surface area contributed by atoms with Crippen LogP contribution in [0.5, 0.6) is 5.75 Å². The molecule has 2 rings (SSSR count). The maximum absolute atomic E-state index is 11.8. The number of aliphatic hydroxyl groups is 1. The minimum absolute atomic E-state index is 0.0349. The molecule has 0 bridgehead atoms. The van der Waals surface area contributed by atoms with E-state index < -0.39 is 0 Å². The lowest BCUT2D eigenvalue weighted by molar-refractivity contribution is -0.115. The summed E-state index contributed by atoms with van der Waals surface area (Å²) in [5, 5.41) is 9.83. The predicted molar refractivity (Wildman–Crippen MR) is 74.3 cm³/mol. The van der Waals surface area contributed by atoms with Gasteiger partial charge in [-0.15, -0.1) is 0 Å². The molecule has 0 heterocycles. The molecule has 0 saturated carbocycles. The smallest absolute Gasteiger partial charge is 0.167 e. The van der Waals surface area contributed by atoms with Gasteiger partial charge in [0.2, 0.25) is 0 Å². The van der Waals surface area contributed by atoms with Gasteiger partial charge >= 0.3 is 0 Å². The zero-order valence-corrected chi connectivity index (χ0v) is 10.9. The molecule has 0 saturated heterocycles. The number of carbonyl (C=O) groups is 1. The third kappa shape index (κ3) is 3.44. The molecule has 0 spiro atoms. The van der Waals surface area contributed by atoms with Crippen LogP contribution in [0.15, 0.2) is 40.6 Å². The van der Waals surface area contributed by atoms with Crippen LogP contribution in [0.1, 0.15) is 25.7 Å². The van der Waals surface area contributed by atoms with Crippen LogP contribution in [0.25, 0.3) is 0 Å². The van der Waals surface area contributed by atoms with Crippen LogP contribution in [-0.4, -0.2) is 24.2 Å². The first-order valence-electron chi connectivity index (χ1n) is 6.34. The summed E-state index contributed by atoms with van der Waals surface area (Å²) in [5.74, 6) is 0.874. The Balaban J connectivity index is 2.17. The number of rotatable bonds is 3. The van der Waals surface area contributed by atoms with Crippen LogP contribution in [0.4, 0.5) is 5.69 Å². The lowest BCUT2D eigenvalue weighted by Crippen LogP contribution is -2.04. The largest absolute Gasteiger partial charge is 0.512 e. The zero-order chi connectivity index (χ0) is 13.7. The normalized spacial score (nSPS) is 16.8. The van der Waals surface area contributed by atoms with Gasteiger partial charge < -0.3 is 9.84 Å². The number of aliphatic hydroxyl groups excluding tert-OH is 1. The van der Waals surface area contributed by atoms with Crippen molar-refractivity contribution < 1.29 is 14.6 Å². The Kier molecular flexibility index (Phi) is 4.34. The molecule has 0 aromatic heterocycles. The maximum atomic E-state index is 11.8. The van der Waals surface area contributed by atoms with Crippen LogP contribution in [-0.2, 0) is 4.79 Å². The van der Waals surface area contributed by atoms with Crippen molar-refractivity contribution in [3.8, 4) is 5.75 Å². The highest BCUT2D eigenvalue weighted by Gasteiger charge is 2.16. The molecule has 4 nitrogen and oxygen atoms in total. The van der Waals surface area contributed by atoms with E-state index in [0.29, 0.717) is 18.4 Å². The SMILES string of the molecule is COc1ccc(N=CC2=C(O)CCCCC2=O)cc1. The van der Waals surface area contributed by atoms with Crippen LogP contribution >= 0.6 is 0 Å². The molecule has 100 valence electrons. The van der Waals surface area contributed by atoms with Crippen LogP contribution in [0.3, 0.4) is 0 Å². The number of hydrogen-bond donors (Lipinski definition) is 1. The van der Waals surface area contributed by atoms with E-state index in [-0.39, 0.29) is 11.5 Å². The van der Waals surface area contributed by atoms with E-state index in [1.807, 2.05) is 0 Å². The van der Waals surface area contributed by atoms with Gasteiger partial charge in [0.05, 0.1) is 18.4 Å². The number of hydrogen-bond acceptors (Lipinski definition) is 4. The number of ketones is 1. The topological polar surface area (TPSA) is 58.9 Å². The third-order valence-electron chi connectivity index (χ3n) is 3.09. The quantitative estimate of drug-likeness (QED) is 0.847. The Labute approximate surface area is 112 Å². The second-order valence-corrected chi connectivity index (χ2v) is 4.45. The van der Waals surface area contributed by atoms with E-state index in [9.17, 15) is 9.90 Å². The van der Waals surface area contributed by atoms with Crippen molar-refractivity contribution in [3.63, 3.8) is 0 Å². The van der Waals surface area contributed by atoms with Crippen molar-refractivity contribution in [1.82, 2.24) is 0 Å². The summed E-state index contributed by atoms with van der Waals surface area (Å²) in [6.07, 6.45) is 4.16. The highest BCUT2D eigenvalue weighted by atomic mass is 16.5. The summed E-state index contributed by atoms with van der Waals surface area (Å²) < 4.78 is 5.06. The Morgan fingerprint density at radius 1 is 1.21 bits per heavy atom. The standard InChI is InChI=1S/C15H17NO3/c1-19-12-8-6-11(7-9-12)16-10-13-14(17)4-2-3-5-15(13)18/h6-10,17H,2-5H2,1H3. The highest BCUT2D eigenvalue weighted by molar-refractivity contribution is 6.14. The number of aliphatic imine (C=N–C) groups is 1. The first kappa shape index (κ1) is 13.3. The van der Waals surface area contributed by atoms with Gasteiger partial charge in [0.15, 0.2) is 5.78 Å². The second kappa shape index (κ2) is 6.18. The summed E-state index contributed by atoms with van der Waals surface area (Å²) in [6.45, 7) is 0. The Hall–Kier alpha value is -2.10. The number of ether oxygens (including phenoxy) is 1. The predicted octanol–water partition coefficient (Wildman–Crippen LogP) is 3.35. The van der Waals surface area contributed by atoms with Crippen LogP contribution < -0.4 is 4.74 Å². The first-order valence-corrected chi connectivity index (χ1v) is 6.34. The molecule has 1 N–H and O–H groups in total. The number of carbonyl (C=O) groups excluding carboxylic acids is 1. The van der Waals surface area contributed by atoms with Gasteiger partial charge in [-0.3, -0.25) is 9.79 Å². The molecule has 1 aliphatic rings. The number of nitrogens with zero attached hydrogens (tertiary/aromatic N) is 1. The Bertz CT molecular complexity index is 515. The highest BCUT2D eigenvalue weighted by Crippen LogP contribution is 2.21. The second-order valence-electron chi connectivity index (χ2n) is 4.45. The van der Waals surface area contributed by atoms with Gasteiger partial charge in [0, 0.05) is 19.1 Å². The van der Waals surface area contributed by atoms with E-state index >= 15 is 0 Å². The summed E-state index contributed by atoms with van der Waals surface area (Å²) in [6, 6.07) is 7.20. The summed E-state index contributed by atoms with van der Waals surface area (Å²) in [7, 11) is 1.60. The molecular formula is C15H17NO3. The Morgan fingerprint density at radius 3 is 2.58 bits per heavy atom. The number of Topliss-reactive ketones (excluding diaryl/α,β-unsaturated/α-hetero) is 1. The molecule has 1 aromatic carbocycles. The van der Waals surface area contributed by atoms with E-state index in [1.165, 1.54) is 6.21 Å². The van der Waals surface area contributed by atoms with Crippen LogP contribution in [0, 0.1) is 0 Å². The molecule has 1 aliphatic carbocycles. The third-order valence-corrected chi connectivity index (χ3v) is 3.09. The summed E-state index contributed by atoms with van der Waals surface area (Å²) >= 11 is 0. The molecule has 0 radical (unpaired) electrons. The summed E-state index contributed by atoms with van der Waals surface area (Å²) in [5.41, 5.74) is 1.06.